The topological polar surface area (TPSA) is 67.4 Å². The summed E-state index contributed by atoms with van der Waals surface area (Å²) in [6.45, 7) is 0. The van der Waals surface area contributed by atoms with Crippen molar-refractivity contribution in [3.63, 3.8) is 0 Å². The highest BCUT2D eigenvalue weighted by atomic mass is 16.5. The van der Waals surface area contributed by atoms with Gasteiger partial charge in [-0.1, -0.05) is 0 Å². The van der Waals surface area contributed by atoms with Gasteiger partial charge in [0.1, 0.15) is 0 Å². The van der Waals surface area contributed by atoms with Crippen LogP contribution in [0.15, 0.2) is 0 Å². The summed E-state index contributed by atoms with van der Waals surface area (Å²) in [5.41, 5.74) is 0. The van der Waals surface area contributed by atoms with E-state index in [-0.39, 0.29) is 18.0 Å². The third-order valence-electron chi connectivity index (χ3n) is 3.78. The molecule has 2 N–H and O–H groups in total. The van der Waals surface area contributed by atoms with Crippen molar-refractivity contribution in [2.75, 3.05) is 7.11 Å². The monoisotopic (exact) mass is 254 g/mol. The summed E-state index contributed by atoms with van der Waals surface area (Å²) in [6.07, 6.45) is 6.63. The summed E-state index contributed by atoms with van der Waals surface area (Å²) in [5, 5.41) is 5.94. The van der Waals surface area contributed by atoms with Crippen molar-refractivity contribution in [1.82, 2.24) is 10.6 Å². The molecule has 0 unspecified atom stereocenters. The maximum absolute atomic E-state index is 11.6. The molecule has 2 fully saturated rings. The number of methoxy groups -OCH3 is 1. The molecule has 18 heavy (non-hydrogen) atoms. The Kier molecular flexibility index (Phi) is 4.44. The number of hydrogen-bond acceptors (Lipinski definition) is 3. The molecule has 2 amide bonds. The number of carbonyl (C=O) groups excluding carboxylic acids is 2. The van der Waals surface area contributed by atoms with E-state index in [1.165, 1.54) is 7.11 Å². The summed E-state index contributed by atoms with van der Waals surface area (Å²) in [5.74, 6) is 0.292. The number of carbonyl (C=O) groups is 2. The molecule has 0 bridgehead atoms. The van der Waals surface area contributed by atoms with Crippen LogP contribution in [0.2, 0.25) is 0 Å². The Morgan fingerprint density at radius 2 is 1.50 bits per heavy atom. The van der Waals surface area contributed by atoms with E-state index in [0.717, 1.165) is 38.5 Å². The summed E-state index contributed by atoms with van der Waals surface area (Å²) < 4.78 is 4.68. The van der Waals surface area contributed by atoms with Crippen molar-refractivity contribution in [3.05, 3.63) is 0 Å². The van der Waals surface area contributed by atoms with Crippen molar-refractivity contribution >= 4 is 12.0 Å². The number of esters is 1. The highest BCUT2D eigenvalue weighted by molar-refractivity contribution is 5.74. The highest BCUT2D eigenvalue weighted by Gasteiger charge is 2.27. The van der Waals surface area contributed by atoms with Crippen molar-refractivity contribution in [2.45, 2.75) is 57.0 Å². The van der Waals surface area contributed by atoms with Crippen LogP contribution in [0.5, 0.6) is 0 Å². The van der Waals surface area contributed by atoms with Crippen LogP contribution in [0.3, 0.4) is 0 Å². The first-order valence-corrected chi connectivity index (χ1v) is 6.81. The molecule has 2 aliphatic rings. The van der Waals surface area contributed by atoms with E-state index in [4.69, 9.17) is 0 Å². The fourth-order valence-corrected chi connectivity index (χ4v) is 2.47. The van der Waals surface area contributed by atoms with E-state index in [1.54, 1.807) is 0 Å². The molecular formula is C13H22N2O3. The van der Waals surface area contributed by atoms with Gasteiger partial charge < -0.3 is 15.4 Å². The molecule has 0 aromatic heterocycles. The number of ether oxygens (including phenoxy) is 1. The van der Waals surface area contributed by atoms with Gasteiger partial charge in [0.2, 0.25) is 0 Å². The first-order chi connectivity index (χ1) is 8.67. The predicted molar refractivity (Wildman–Crippen MR) is 67.1 cm³/mol. The number of urea groups is 1. The fourth-order valence-electron chi connectivity index (χ4n) is 2.47. The molecule has 5 heteroatoms. The Labute approximate surface area is 108 Å². The molecule has 2 saturated carbocycles. The third kappa shape index (κ3) is 4.20. The van der Waals surface area contributed by atoms with Crippen LogP contribution in [-0.4, -0.2) is 31.2 Å². The van der Waals surface area contributed by atoms with Crippen LogP contribution in [0.1, 0.15) is 44.9 Å². The maximum Gasteiger partial charge on any atom is 0.315 e. The molecule has 0 saturated heterocycles. The minimum absolute atomic E-state index is 0.0334. The zero-order chi connectivity index (χ0) is 13.0. The molecule has 0 spiro atoms. The summed E-state index contributed by atoms with van der Waals surface area (Å²) >= 11 is 0. The SMILES string of the molecule is COC(=O)CC1CCC(NC(=O)NC2CC2)CC1. The van der Waals surface area contributed by atoms with Crippen LogP contribution in [0.25, 0.3) is 0 Å². The van der Waals surface area contributed by atoms with Gasteiger partial charge in [0, 0.05) is 18.5 Å². The summed E-state index contributed by atoms with van der Waals surface area (Å²) in [7, 11) is 1.43. The zero-order valence-corrected chi connectivity index (χ0v) is 10.9. The second-order valence-corrected chi connectivity index (χ2v) is 5.39. The Bertz CT molecular complexity index is 307. The molecule has 0 heterocycles. The minimum Gasteiger partial charge on any atom is -0.469 e. The molecule has 0 radical (unpaired) electrons. The van der Waals surface area contributed by atoms with E-state index in [2.05, 4.69) is 15.4 Å². The summed E-state index contributed by atoms with van der Waals surface area (Å²) in [6, 6.07) is 0.632. The molecule has 0 aliphatic heterocycles. The molecular weight excluding hydrogens is 232 g/mol. The Morgan fingerprint density at radius 1 is 1.00 bits per heavy atom. The maximum atomic E-state index is 11.6. The number of rotatable bonds is 4. The Hall–Kier alpha value is -1.26. The van der Waals surface area contributed by atoms with E-state index in [0.29, 0.717) is 18.4 Å². The Morgan fingerprint density at radius 3 is 1.94 bits per heavy atom. The first-order valence-electron chi connectivity index (χ1n) is 6.81. The van der Waals surface area contributed by atoms with Gasteiger partial charge >= 0.3 is 12.0 Å². The van der Waals surface area contributed by atoms with Crippen LogP contribution in [-0.2, 0) is 9.53 Å². The van der Waals surface area contributed by atoms with Crippen LogP contribution in [0.4, 0.5) is 4.79 Å². The van der Waals surface area contributed by atoms with Gasteiger partial charge in [0.15, 0.2) is 0 Å². The van der Waals surface area contributed by atoms with Gasteiger partial charge in [-0.3, -0.25) is 4.79 Å². The van der Waals surface area contributed by atoms with Crippen LogP contribution < -0.4 is 10.6 Å². The second kappa shape index (κ2) is 6.07. The van der Waals surface area contributed by atoms with Crippen molar-refractivity contribution in [3.8, 4) is 0 Å². The average molecular weight is 254 g/mol. The zero-order valence-electron chi connectivity index (χ0n) is 10.9. The molecule has 5 nitrogen and oxygen atoms in total. The third-order valence-corrected chi connectivity index (χ3v) is 3.78. The predicted octanol–water partition coefficient (Wildman–Crippen LogP) is 1.57. The van der Waals surface area contributed by atoms with E-state index in [1.807, 2.05) is 0 Å². The highest BCUT2D eigenvalue weighted by Crippen LogP contribution is 2.27. The fraction of sp³-hybridized carbons (Fsp3) is 0.846. The molecule has 0 aromatic rings. The van der Waals surface area contributed by atoms with E-state index < -0.39 is 0 Å². The minimum atomic E-state index is -0.127. The van der Waals surface area contributed by atoms with Crippen molar-refractivity contribution < 1.29 is 14.3 Å². The second-order valence-electron chi connectivity index (χ2n) is 5.39. The van der Waals surface area contributed by atoms with Gasteiger partial charge in [-0.25, -0.2) is 4.79 Å². The van der Waals surface area contributed by atoms with E-state index in [9.17, 15) is 9.59 Å². The van der Waals surface area contributed by atoms with Gasteiger partial charge in [0.25, 0.3) is 0 Å². The lowest BCUT2D eigenvalue weighted by Gasteiger charge is -2.28. The number of nitrogens with one attached hydrogen (secondary N) is 2. The molecule has 2 rings (SSSR count). The van der Waals surface area contributed by atoms with Crippen LogP contribution in [0, 0.1) is 5.92 Å². The molecule has 0 atom stereocenters. The average Bonchev–Trinajstić information content (AvgIpc) is 3.15. The van der Waals surface area contributed by atoms with Gasteiger partial charge in [-0.05, 0) is 44.4 Å². The molecule has 2 aliphatic carbocycles. The first kappa shape index (κ1) is 13.2. The standard InChI is InChI=1S/C13H22N2O3/c1-18-12(16)8-9-2-4-10(5-3-9)14-13(17)15-11-6-7-11/h9-11H,2-8H2,1H3,(H2,14,15,17). The van der Waals surface area contributed by atoms with Gasteiger partial charge in [0.05, 0.1) is 7.11 Å². The normalized spacial score (nSPS) is 27.4. The quantitative estimate of drug-likeness (QED) is 0.748. The number of hydrogen-bond donors (Lipinski definition) is 2. The summed E-state index contributed by atoms with van der Waals surface area (Å²) in [4.78, 5) is 22.7. The van der Waals surface area contributed by atoms with E-state index >= 15 is 0 Å². The molecule has 102 valence electrons. The lowest BCUT2D eigenvalue weighted by molar-refractivity contribution is -0.142. The van der Waals surface area contributed by atoms with Gasteiger partial charge in [-0.15, -0.1) is 0 Å². The van der Waals surface area contributed by atoms with Crippen LogP contribution >= 0.6 is 0 Å². The smallest absolute Gasteiger partial charge is 0.315 e. The number of amides is 2. The molecule has 0 aromatic carbocycles. The lowest BCUT2D eigenvalue weighted by Crippen LogP contribution is -2.44. The van der Waals surface area contributed by atoms with Crippen molar-refractivity contribution in [2.24, 2.45) is 5.92 Å². The Balaban J connectivity index is 1.63. The van der Waals surface area contributed by atoms with Gasteiger partial charge in [-0.2, -0.15) is 0 Å². The largest absolute Gasteiger partial charge is 0.469 e. The van der Waals surface area contributed by atoms with Crippen molar-refractivity contribution in [1.29, 1.82) is 0 Å². The lowest BCUT2D eigenvalue weighted by atomic mass is 9.84.